The number of ether oxygens (including phenoxy) is 1. The molecule has 0 bridgehead atoms. The lowest BCUT2D eigenvalue weighted by molar-refractivity contribution is 0.408. The van der Waals surface area contributed by atoms with E-state index in [2.05, 4.69) is 50.9 Å². The maximum Gasteiger partial charge on any atom is 0.130 e. The van der Waals surface area contributed by atoms with Crippen molar-refractivity contribution in [3.05, 3.63) is 108 Å². The average molecular weight is 316 g/mol. The van der Waals surface area contributed by atoms with Crippen molar-refractivity contribution in [1.82, 2.24) is 0 Å². The second-order valence-electron chi connectivity index (χ2n) is 5.63. The Labute approximate surface area is 145 Å². The van der Waals surface area contributed by atoms with Gasteiger partial charge in [0.1, 0.15) is 5.75 Å². The Morgan fingerprint density at radius 3 is 2.33 bits per heavy atom. The van der Waals surface area contributed by atoms with Gasteiger partial charge in [0.15, 0.2) is 0 Å². The van der Waals surface area contributed by atoms with Crippen molar-refractivity contribution in [3.8, 4) is 5.75 Å². The lowest BCUT2D eigenvalue weighted by Crippen LogP contribution is -2.07. The molecule has 0 heterocycles. The molecule has 1 heteroatoms. The Hall–Kier alpha value is -2.80. The number of aryl methyl sites for hydroxylation is 1. The van der Waals surface area contributed by atoms with Crippen LogP contribution in [0.15, 0.2) is 86.0 Å². The van der Waals surface area contributed by atoms with Gasteiger partial charge in [0, 0.05) is 17.0 Å². The first-order chi connectivity index (χ1) is 11.7. The van der Waals surface area contributed by atoms with Gasteiger partial charge in [-0.25, -0.2) is 0 Å². The van der Waals surface area contributed by atoms with Gasteiger partial charge in [-0.2, -0.15) is 0 Å². The monoisotopic (exact) mass is 316 g/mol. The van der Waals surface area contributed by atoms with Crippen LogP contribution in [0.25, 0.3) is 6.08 Å². The number of benzene rings is 2. The Kier molecular flexibility index (Phi) is 5.97. The Balaban J connectivity index is 2.80. The first kappa shape index (κ1) is 17.6. The maximum atomic E-state index is 5.74. The quantitative estimate of drug-likeness (QED) is 0.563. The van der Waals surface area contributed by atoms with Crippen LogP contribution in [0.2, 0.25) is 0 Å². The molecule has 0 fully saturated rings. The highest BCUT2D eigenvalue weighted by Gasteiger charge is 2.22. The Morgan fingerprint density at radius 2 is 1.79 bits per heavy atom. The van der Waals surface area contributed by atoms with E-state index in [1.165, 1.54) is 11.1 Å². The smallest absolute Gasteiger partial charge is 0.130 e. The van der Waals surface area contributed by atoms with Crippen LogP contribution in [-0.4, -0.2) is 7.11 Å². The molecule has 1 unspecified atom stereocenters. The van der Waals surface area contributed by atoms with Crippen molar-refractivity contribution in [1.29, 1.82) is 0 Å². The van der Waals surface area contributed by atoms with E-state index < -0.39 is 0 Å². The normalized spacial score (nSPS) is 12.3. The summed E-state index contributed by atoms with van der Waals surface area (Å²) in [6.07, 6.45) is 7.51. The zero-order valence-corrected chi connectivity index (χ0v) is 14.5. The van der Waals surface area contributed by atoms with E-state index in [1.54, 1.807) is 13.2 Å². The van der Waals surface area contributed by atoms with Gasteiger partial charge in [0.05, 0.1) is 7.11 Å². The molecule has 0 N–H and O–H groups in total. The summed E-state index contributed by atoms with van der Waals surface area (Å²) in [5.74, 6) is 0.872. The number of rotatable bonds is 7. The third-order valence-electron chi connectivity index (χ3n) is 4.04. The van der Waals surface area contributed by atoms with Crippen LogP contribution in [0.1, 0.15) is 28.2 Å². The minimum absolute atomic E-state index is 0.0234. The van der Waals surface area contributed by atoms with Gasteiger partial charge in [-0.05, 0) is 29.7 Å². The fraction of sp³-hybridized carbons (Fsp3) is 0.130. The molecule has 122 valence electrons. The maximum absolute atomic E-state index is 5.74. The molecule has 2 rings (SSSR count). The molecule has 0 saturated carbocycles. The van der Waals surface area contributed by atoms with E-state index in [0.717, 1.165) is 22.4 Å². The Bertz CT molecular complexity index is 766. The minimum Gasteiger partial charge on any atom is -0.496 e. The lowest BCUT2D eigenvalue weighted by atomic mass is 9.82. The van der Waals surface area contributed by atoms with Gasteiger partial charge in [-0.3, -0.25) is 0 Å². The highest BCUT2D eigenvalue weighted by molar-refractivity contribution is 5.63. The van der Waals surface area contributed by atoms with Crippen molar-refractivity contribution in [2.45, 2.75) is 12.8 Å². The first-order valence-corrected chi connectivity index (χ1v) is 7.97. The molecule has 0 aliphatic rings. The molecular weight excluding hydrogens is 292 g/mol. The number of hydrogen-bond acceptors (Lipinski definition) is 1. The fourth-order valence-electron chi connectivity index (χ4n) is 3.05. The van der Waals surface area contributed by atoms with Crippen molar-refractivity contribution in [2.75, 3.05) is 7.11 Å². The predicted molar refractivity (Wildman–Crippen MR) is 105 cm³/mol. The van der Waals surface area contributed by atoms with Gasteiger partial charge < -0.3 is 4.74 Å². The topological polar surface area (TPSA) is 9.23 Å². The fourth-order valence-corrected chi connectivity index (χ4v) is 3.05. The Morgan fingerprint density at radius 1 is 1.08 bits per heavy atom. The van der Waals surface area contributed by atoms with Crippen LogP contribution in [-0.2, 0) is 0 Å². The lowest BCUT2D eigenvalue weighted by Gasteiger charge is -2.23. The largest absolute Gasteiger partial charge is 0.496 e. The standard InChI is InChI=1S/C23H24O/c1-6-12-18(7-2)22(20-13-10-9-11-14-20)21-16-17(4)15-19(8-3)23(21)24-5/h6-16,22H,1-3H2,4-5H3/b18-12+. The molecular formula is C23H24O. The molecule has 0 amide bonds. The molecule has 0 aliphatic heterocycles. The molecule has 0 radical (unpaired) electrons. The van der Waals surface area contributed by atoms with Crippen LogP contribution in [0.4, 0.5) is 0 Å². The van der Waals surface area contributed by atoms with Crippen LogP contribution in [0.5, 0.6) is 5.75 Å². The number of methoxy groups -OCH3 is 1. The summed E-state index contributed by atoms with van der Waals surface area (Å²) in [5, 5.41) is 0. The average Bonchev–Trinajstić information content (AvgIpc) is 2.61. The summed E-state index contributed by atoms with van der Waals surface area (Å²) in [6, 6.07) is 14.6. The van der Waals surface area contributed by atoms with E-state index in [1.807, 2.05) is 36.4 Å². The molecule has 0 aliphatic carbocycles. The molecule has 1 atom stereocenters. The van der Waals surface area contributed by atoms with Gasteiger partial charge in [-0.1, -0.05) is 80.4 Å². The van der Waals surface area contributed by atoms with Gasteiger partial charge >= 0.3 is 0 Å². The van der Waals surface area contributed by atoms with Gasteiger partial charge in [-0.15, -0.1) is 0 Å². The van der Waals surface area contributed by atoms with Crippen LogP contribution >= 0.6 is 0 Å². The van der Waals surface area contributed by atoms with E-state index in [-0.39, 0.29) is 5.92 Å². The predicted octanol–water partition coefficient (Wildman–Crippen LogP) is 6.08. The van der Waals surface area contributed by atoms with Crippen molar-refractivity contribution in [2.24, 2.45) is 0 Å². The molecule has 0 aromatic heterocycles. The van der Waals surface area contributed by atoms with Crippen LogP contribution in [0, 0.1) is 6.92 Å². The van der Waals surface area contributed by atoms with Gasteiger partial charge in [0.2, 0.25) is 0 Å². The van der Waals surface area contributed by atoms with E-state index in [0.29, 0.717) is 0 Å². The zero-order valence-electron chi connectivity index (χ0n) is 14.5. The second kappa shape index (κ2) is 8.16. The zero-order chi connectivity index (χ0) is 17.5. The molecule has 1 nitrogen and oxygen atoms in total. The van der Waals surface area contributed by atoms with Crippen LogP contribution < -0.4 is 4.74 Å². The molecule has 2 aromatic rings. The van der Waals surface area contributed by atoms with E-state index in [9.17, 15) is 0 Å². The van der Waals surface area contributed by atoms with Crippen molar-refractivity contribution >= 4 is 6.08 Å². The molecule has 2 aromatic carbocycles. The van der Waals surface area contributed by atoms with Gasteiger partial charge in [0.25, 0.3) is 0 Å². The number of allylic oxidation sites excluding steroid dienone is 4. The SMILES string of the molecule is C=C/C=C(\C=C)C(c1ccccc1)c1cc(C)cc(C=C)c1OC. The first-order valence-electron chi connectivity index (χ1n) is 7.97. The highest BCUT2D eigenvalue weighted by atomic mass is 16.5. The molecule has 24 heavy (non-hydrogen) atoms. The third-order valence-corrected chi connectivity index (χ3v) is 4.04. The highest BCUT2D eigenvalue weighted by Crippen LogP contribution is 2.40. The van der Waals surface area contributed by atoms with Crippen LogP contribution in [0.3, 0.4) is 0 Å². The summed E-state index contributed by atoms with van der Waals surface area (Å²) in [5.41, 5.74) is 5.53. The summed E-state index contributed by atoms with van der Waals surface area (Å²) in [7, 11) is 1.70. The minimum atomic E-state index is 0.0234. The summed E-state index contributed by atoms with van der Waals surface area (Å²) < 4.78 is 5.74. The summed E-state index contributed by atoms with van der Waals surface area (Å²) in [4.78, 5) is 0. The van der Waals surface area contributed by atoms with Crippen molar-refractivity contribution in [3.63, 3.8) is 0 Å². The number of hydrogen-bond donors (Lipinski definition) is 0. The molecule has 0 saturated heterocycles. The second-order valence-corrected chi connectivity index (χ2v) is 5.63. The summed E-state index contributed by atoms with van der Waals surface area (Å²) >= 11 is 0. The molecule has 0 spiro atoms. The van der Waals surface area contributed by atoms with E-state index in [4.69, 9.17) is 4.74 Å². The summed E-state index contributed by atoms with van der Waals surface area (Å²) in [6.45, 7) is 13.8. The third kappa shape index (κ3) is 3.57. The van der Waals surface area contributed by atoms with E-state index >= 15 is 0 Å². The van der Waals surface area contributed by atoms with Crippen molar-refractivity contribution < 1.29 is 4.74 Å².